The van der Waals surface area contributed by atoms with E-state index in [-0.39, 0.29) is 24.4 Å². The summed E-state index contributed by atoms with van der Waals surface area (Å²) in [4.78, 5) is 22.5. The van der Waals surface area contributed by atoms with Gasteiger partial charge < -0.3 is 14.2 Å². The molecule has 0 aromatic rings. The Morgan fingerprint density at radius 2 is 1.35 bits per heavy atom. The molecule has 0 fully saturated rings. The molecule has 0 unspecified atom stereocenters. The van der Waals surface area contributed by atoms with Crippen LogP contribution in [0.3, 0.4) is 0 Å². The van der Waals surface area contributed by atoms with Crippen LogP contribution >= 0.6 is 0 Å². The quantitative estimate of drug-likeness (QED) is 0.433. The lowest BCUT2D eigenvalue weighted by atomic mass is 10.1. The first-order valence-corrected chi connectivity index (χ1v) is 5.92. The zero-order chi connectivity index (χ0) is 13.3. The third-order valence-electron chi connectivity index (χ3n) is 1.95. The molecule has 0 aromatic carbocycles. The number of hydrogen-bond acceptors (Lipinski definition) is 5. The average molecular weight is 246 g/mol. The minimum Gasteiger partial charge on any atom is -0.327 e. The molecule has 100 valence electrons. The molecule has 0 saturated carbocycles. The zero-order valence-corrected chi connectivity index (χ0v) is 11.1. The highest BCUT2D eigenvalue weighted by Crippen LogP contribution is 2.21. The van der Waals surface area contributed by atoms with Crippen LogP contribution in [0.5, 0.6) is 0 Å². The first kappa shape index (κ1) is 16.2. The van der Waals surface area contributed by atoms with Crippen molar-refractivity contribution in [2.75, 3.05) is 19.8 Å². The van der Waals surface area contributed by atoms with Crippen molar-refractivity contribution < 1.29 is 23.8 Å². The molecule has 0 rings (SSSR count). The van der Waals surface area contributed by atoms with E-state index >= 15 is 0 Å². The largest absolute Gasteiger partial charge is 0.327 e. The van der Waals surface area contributed by atoms with Gasteiger partial charge in [0.25, 0.3) is 5.97 Å². The van der Waals surface area contributed by atoms with E-state index in [9.17, 15) is 9.59 Å². The van der Waals surface area contributed by atoms with Crippen LogP contribution < -0.4 is 0 Å². The lowest BCUT2D eigenvalue weighted by Crippen LogP contribution is -2.41. The molecule has 5 nitrogen and oxygen atoms in total. The average Bonchev–Trinajstić information content (AvgIpc) is 2.16. The Morgan fingerprint density at radius 1 is 0.941 bits per heavy atom. The summed E-state index contributed by atoms with van der Waals surface area (Å²) in [6, 6.07) is 0. The molecule has 0 atom stereocenters. The Morgan fingerprint density at radius 3 is 1.65 bits per heavy atom. The number of hydrogen-bond donors (Lipinski definition) is 0. The molecule has 0 saturated heterocycles. The first-order valence-electron chi connectivity index (χ1n) is 5.92. The Kier molecular flexibility index (Phi) is 7.95. The third-order valence-corrected chi connectivity index (χ3v) is 1.95. The lowest BCUT2D eigenvalue weighted by molar-refractivity contribution is -0.374. The summed E-state index contributed by atoms with van der Waals surface area (Å²) < 4.78 is 16.2. The van der Waals surface area contributed by atoms with Crippen LogP contribution in [0.4, 0.5) is 0 Å². The molecule has 5 heteroatoms. The summed E-state index contributed by atoms with van der Waals surface area (Å²) in [6.45, 7) is 7.86. The monoisotopic (exact) mass is 246 g/mol. The number of carbonyl (C=O) groups is 2. The van der Waals surface area contributed by atoms with Gasteiger partial charge in [-0.1, -0.05) is 0 Å². The van der Waals surface area contributed by atoms with Crippen molar-refractivity contribution in [3.63, 3.8) is 0 Å². The van der Waals surface area contributed by atoms with Crippen LogP contribution in [0.2, 0.25) is 0 Å². The number of ketones is 2. The van der Waals surface area contributed by atoms with E-state index in [2.05, 4.69) is 0 Å². The van der Waals surface area contributed by atoms with Gasteiger partial charge >= 0.3 is 0 Å². The first-order chi connectivity index (χ1) is 7.99. The predicted octanol–water partition coefficient (Wildman–Crippen LogP) is 1.69. The molecule has 0 aliphatic heterocycles. The van der Waals surface area contributed by atoms with Crippen molar-refractivity contribution in [1.29, 1.82) is 0 Å². The predicted molar refractivity (Wildman–Crippen MR) is 62.5 cm³/mol. The highest BCUT2D eigenvalue weighted by molar-refractivity contribution is 5.98. The fraction of sp³-hybridized carbons (Fsp3) is 0.833. The Bertz CT molecular complexity index is 232. The summed E-state index contributed by atoms with van der Waals surface area (Å²) in [5.41, 5.74) is 0. The van der Waals surface area contributed by atoms with Gasteiger partial charge in [0.05, 0.1) is 12.8 Å². The maximum atomic E-state index is 11.6. The smallest absolute Gasteiger partial charge is 0.290 e. The van der Waals surface area contributed by atoms with Gasteiger partial charge in [-0.05, 0) is 27.7 Å². The summed E-state index contributed by atoms with van der Waals surface area (Å²) in [5.74, 6) is -1.76. The Hall–Kier alpha value is -0.780. The van der Waals surface area contributed by atoms with E-state index in [1.807, 2.05) is 0 Å². The topological polar surface area (TPSA) is 61.8 Å². The van der Waals surface area contributed by atoms with Crippen molar-refractivity contribution in [2.24, 2.45) is 0 Å². The van der Waals surface area contributed by atoms with Crippen LogP contribution in [0.15, 0.2) is 0 Å². The highest BCUT2D eigenvalue weighted by Gasteiger charge is 2.35. The molecule has 0 aliphatic carbocycles. The second-order valence-corrected chi connectivity index (χ2v) is 3.58. The number of Topliss-reactive ketones (excluding diaryl/α,β-unsaturated/α-hetero) is 2. The Balaban J connectivity index is 4.63. The standard InChI is InChI=1S/C12H22O5/c1-5-15-12(16-6-2,17-7-3)9-11(14)8-10(4)13/h5-9H2,1-4H3. The molecule has 17 heavy (non-hydrogen) atoms. The van der Waals surface area contributed by atoms with Crippen LogP contribution in [-0.4, -0.2) is 37.4 Å². The molecule has 0 N–H and O–H groups in total. The van der Waals surface area contributed by atoms with Crippen LogP contribution in [0.25, 0.3) is 0 Å². The lowest BCUT2D eigenvalue weighted by Gasteiger charge is -2.31. The maximum absolute atomic E-state index is 11.6. The fourth-order valence-corrected chi connectivity index (χ4v) is 1.52. The van der Waals surface area contributed by atoms with E-state index in [4.69, 9.17) is 14.2 Å². The second kappa shape index (κ2) is 8.33. The minimum absolute atomic E-state index is 0.0674. The molecule has 0 amide bonds. The van der Waals surface area contributed by atoms with Gasteiger partial charge in [0.2, 0.25) is 0 Å². The van der Waals surface area contributed by atoms with Crippen molar-refractivity contribution in [3.05, 3.63) is 0 Å². The maximum Gasteiger partial charge on any atom is 0.290 e. The van der Waals surface area contributed by atoms with Gasteiger partial charge in [0.1, 0.15) is 11.6 Å². The number of rotatable bonds is 10. The molecule has 0 heterocycles. The summed E-state index contributed by atoms with van der Waals surface area (Å²) in [5, 5.41) is 0. The SMILES string of the molecule is CCOC(CC(=O)CC(C)=O)(OCC)OCC. The van der Waals surface area contributed by atoms with Crippen molar-refractivity contribution in [3.8, 4) is 0 Å². The van der Waals surface area contributed by atoms with Crippen LogP contribution in [0, 0.1) is 0 Å². The zero-order valence-electron chi connectivity index (χ0n) is 11.1. The molecule has 0 spiro atoms. The minimum atomic E-state index is -1.34. The summed E-state index contributed by atoms with van der Waals surface area (Å²) >= 11 is 0. The van der Waals surface area contributed by atoms with Crippen LogP contribution in [0.1, 0.15) is 40.5 Å². The molecular formula is C12H22O5. The van der Waals surface area contributed by atoms with E-state index in [1.54, 1.807) is 20.8 Å². The molecule has 0 aromatic heterocycles. The normalized spacial score (nSPS) is 11.5. The number of carbonyl (C=O) groups excluding carboxylic acids is 2. The van der Waals surface area contributed by atoms with Gasteiger partial charge in [-0.15, -0.1) is 0 Å². The van der Waals surface area contributed by atoms with E-state index < -0.39 is 5.97 Å². The van der Waals surface area contributed by atoms with Gasteiger partial charge in [0, 0.05) is 19.8 Å². The van der Waals surface area contributed by atoms with Gasteiger partial charge in [-0.2, -0.15) is 0 Å². The van der Waals surface area contributed by atoms with Gasteiger partial charge in [-0.3, -0.25) is 9.59 Å². The van der Waals surface area contributed by atoms with Gasteiger partial charge in [0.15, 0.2) is 0 Å². The van der Waals surface area contributed by atoms with E-state index in [0.29, 0.717) is 19.8 Å². The van der Waals surface area contributed by atoms with Crippen molar-refractivity contribution in [2.45, 2.75) is 46.5 Å². The fourth-order valence-electron chi connectivity index (χ4n) is 1.52. The van der Waals surface area contributed by atoms with Crippen molar-refractivity contribution in [1.82, 2.24) is 0 Å². The Labute approximate surface area is 102 Å². The van der Waals surface area contributed by atoms with Crippen molar-refractivity contribution >= 4 is 11.6 Å². The second-order valence-electron chi connectivity index (χ2n) is 3.58. The van der Waals surface area contributed by atoms with E-state index in [0.717, 1.165) is 0 Å². The van der Waals surface area contributed by atoms with Gasteiger partial charge in [-0.25, -0.2) is 0 Å². The molecular weight excluding hydrogens is 224 g/mol. The third kappa shape index (κ3) is 6.51. The number of ether oxygens (including phenoxy) is 3. The molecule has 0 bridgehead atoms. The molecule has 0 aliphatic rings. The summed E-state index contributed by atoms with van der Waals surface area (Å²) in [6.07, 6.45) is -0.183. The van der Waals surface area contributed by atoms with E-state index in [1.165, 1.54) is 6.92 Å². The van der Waals surface area contributed by atoms with Crippen LogP contribution in [-0.2, 0) is 23.8 Å². The summed E-state index contributed by atoms with van der Waals surface area (Å²) in [7, 11) is 0. The molecule has 0 radical (unpaired) electrons. The highest BCUT2D eigenvalue weighted by atomic mass is 16.9.